The van der Waals surface area contributed by atoms with E-state index in [2.05, 4.69) is 26.0 Å². The zero-order chi connectivity index (χ0) is 40.7. The summed E-state index contributed by atoms with van der Waals surface area (Å²) in [5, 5.41) is 9.59. The van der Waals surface area contributed by atoms with Crippen LogP contribution in [-0.2, 0) is 19.1 Å². The van der Waals surface area contributed by atoms with Crippen LogP contribution < -0.4 is 0 Å². The van der Waals surface area contributed by atoms with Crippen molar-refractivity contribution in [3.63, 3.8) is 0 Å². The predicted octanol–water partition coefficient (Wildman–Crippen LogP) is 16.4. The van der Waals surface area contributed by atoms with Crippen molar-refractivity contribution >= 4 is 11.9 Å². The summed E-state index contributed by atoms with van der Waals surface area (Å²) in [6.07, 6.45) is 57.5. The monoisotopic (exact) mass is 791 g/mol. The highest BCUT2D eigenvalue weighted by atomic mass is 16.6. The van der Waals surface area contributed by atoms with Crippen LogP contribution in [0.4, 0.5) is 0 Å². The number of hydrogen-bond acceptors (Lipinski definition) is 5. The quantitative estimate of drug-likeness (QED) is 0.0378. The Bertz CT molecular complexity index is 810. The van der Waals surface area contributed by atoms with Gasteiger partial charge in [0.15, 0.2) is 6.10 Å². The maximum Gasteiger partial charge on any atom is 0.306 e. The predicted molar refractivity (Wildman–Crippen MR) is 242 cm³/mol. The van der Waals surface area contributed by atoms with E-state index < -0.39 is 6.10 Å². The van der Waals surface area contributed by atoms with Crippen LogP contribution in [0.2, 0.25) is 0 Å². The highest BCUT2D eigenvalue weighted by Crippen LogP contribution is 2.17. The van der Waals surface area contributed by atoms with Crippen LogP contribution in [0.5, 0.6) is 0 Å². The number of rotatable bonds is 47. The molecule has 1 unspecified atom stereocenters. The Morgan fingerprint density at radius 1 is 0.393 bits per heavy atom. The molecule has 5 nitrogen and oxygen atoms in total. The Labute approximate surface area is 350 Å². The lowest BCUT2D eigenvalue weighted by Crippen LogP contribution is -2.28. The lowest BCUT2D eigenvalue weighted by Gasteiger charge is -2.15. The van der Waals surface area contributed by atoms with Crippen molar-refractivity contribution in [2.75, 3.05) is 13.2 Å². The van der Waals surface area contributed by atoms with Crippen LogP contribution in [-0.4, -0.2) is 36.4 Å². The Hall–Kier alpha value is -1.36. The molecule has 0 saturated heterocycles. The molecule has 0 amide bonds. The van der Waals surface area contributed by atoms with Crippen molar-refractivity contribution in [2.45, 2.75) is 290 Å². The molecule has 0 aromatic rings. The summed E-state index contributed by atoms with van der Waals surface area (Å²) in [6, 6.07) is 0. The fourth-order valence-electron chi connectivity index (χ4n) is 7.73. The number of carbonyl (C=O) groups is 2. The fourth-order valence-corrected chi connectivity index (χ4v) is 7.73. The molecule has 1 N–H and O–H groups in total. The second-order valence-electron chi connectivity index (χ2n) is 17.3. The molecule has 0 radical (unpaired) electrons. The van der Waals surface area contributed by atoms with Gasteiger partial charge in [0.05, 0.1) is 6.61 Å². The minimum atomic E-state index is -0.770. The molecule has 0 aromatic carbocycles. The third-order valence-corrected chi connectivity index (χ3v) is 11.6. The smallest absolute Gasteiger partial charge is 0.306 e. The van der Waals surface area contributed by atoms with Crippen molar-refractivity contribution in [1.29, 1.82) is 0 Å². The van der Waals surface area contributed by atoms with Gasteiger partial charge in [-0.05, 0) is 38.5 Å². The summed E-state index contributed by atoms with van der Waals surface area (Å²) in [7, 11) is 0. The number of allylic oxidation sites excluding steroid dienone is 2. The van der Waals surface area contributed by atoms with Crippen LogP contribution >= 0.6 is 0 Å². The van der Waals surface area contributed by atoms with Gasteiger partial charge in [-0.15, -0.1) is 0 Å². The van der Waals surface area contributed by atoms with Crippen molar-refractivity contribution < 1.29 is 24.2 Å². The van der Waals surface area contributed by atoms with E-state index in [0.29, 0.717) is 12.8 Å². The first-order valence-corrected chi connectivity index (χ1v) is 25.2. The van der Waals surface area contributed by atoms with E-state index in [4.69, 9.17) is 9.47 Å². The molecule has 332 valence electrons. The van der Waals surface area contributed by atoms with E-state index in [-0.39, 0.29) is 25.2 Å². The van der Waals surface area contributed by atoms with Gasteiger partial charge in [0.2, 0.25) is 0 Å². The molecule has 0 heterocycles. The number of ether oxygens (including phenoxy) is 2. The molecule has 0 aromatic heterocycles. The van der Waals surface area contributed by atoms with Crippen LogP contribution in [0, 0.1) is 0 Å². The Balaban J connectivity index is 3.40. The van der Waals surface area contributed by atoms with Gasteiger partial charge in [0.1, 0.15) is 6.61 Å². The summed E-state index contributed by atoms with van der Waals surface area (Å²) >= 11 is 0. The van der Waals surface area contributed by atoms with Gasteiger partial charge >= 0.3 is 11.9 Å². The second kappa shape index (κ2) is 48.0. The van der Waals surface area contributed by atoms with Crippen molar-refractivity contribution in [3.05, 3.63) is 12.2 Å². The maximum atomic E-state index is 12.2. The number of hydrogen-bond donors (Lipinski definition) is 1. The zero-order valence-corrected chi connectivity index (χ0v) is 37.9. The number of aliphatic hydroxyl groups excluding tert-OH is 1. The Morgan fingerprint density at radius 3 is 0.964 bits per heavy atom. The number of aliphatic hydroxyl groups is 1. The minimum absolute atomic E-state index is 0.0626. The van der Waals surface area contributed by atoms with Gasteiger partial charge in [-0.3, -0.25) is 9.59 Å². The van der Waals surface area contributed by atoms with E-state index in [9.17, 15) is 14.7 Å². The summed E-state index contributed by atoms with van der Waals surface area (Å²) < 4.78 is 10.7. The highest BCUT2D eigenvalue weighted by Gasteiger charge is 2.16. The molecule has 0 rings (SSSR count). The number of carbonyl (C=O) groups excluding carboxylic acids is 2. The lowest BCUT2D eigenvalue weighted by atomic mass is 10.0. The average Bonchev–Trinajstić information content (AvgIpc) is 3.20. The van der Waals surface area contributed by atoms with E-state index in [0.717, 1.165) is 38.5 Å². The first kappa shape index (κ1) is 54.6. The first-order chi connectivity index (χ1) is 27.6. The van der Waals surface area contributed by atoms with E-state index in [1.165, 1.54) is 218 Å². The molecule has 1 atom stereocenters. The number of unbranched alkanes of at least 4 members (excludes halogenated alkanes) is 37. The summed E-state index contributed by atoms with van der Waals surface area (Å²) in [4.78, 5) is 24.4. The van der Waals surface area contributed by atoms with Crippen LogP contribution in [0.1, 0.15) is 284 Å². The van der Waals surface area contributed by atoms with Gasteiger partial charge in [-0.1, -0.05) is 244 Å². The molecule has 0 spiro atoms. The maximum absolute atomic E-state index is 12.2. The third kappa shape index (κ3) is 45.3. The van der Waals surface area contributed by atoms with Gasteiger partial charge in [0, 0.05) is 12.8 Å². The summed E-state index contributed by atoms with van der Waals surface area (Å²) in [6.45, 7) is 4.16. The minimum Gasteiger partial charge on any atom is -0.462 e. The zero-order valence-electron chi connectivity index (χ0n) is 37.9. The lowest BCUT2D eigenvalue weighted by molar-refractivity contribution is -0.161. The molecule has 0 aliphatic rings. The Morgan fingerprint density at radius 2 is 0.661 bits per heavy atom. The second-order valence-corrected chi connectivity index (χ2v) is 17.3. The van der Waals surface area contributed by atoms with Gasteiger partial charge in [-0.2, -0.15) is 0 Å². The van der Waals surface area contributed by atoms with Crippen molar-refractivity contribution in [1.82, 2.24) is 0 Å². The molecular formula is C51H98O5. The SMILES string of the molecule is CCCCCCC/C=C\CCCCCCCC(=O)OC(CO)COC(=O)CCCCCCCCCCCCCCCCCCCCCCCCCCCCCC. The average molecular weight is 791 g/mol. The molecule has 0 saturated carbocycles. The van der Waals surface area contributed by atoms with Crippen LogP contribution in [0.15, 0.2) is 12.2 Å². The summed E-state index contributed by atoms with van der Waals surface area (Å²) in [5.41, 5.74) is 0. The van der Waals surface area contributed by atoms with Crippen molar-refractivity contribution in [3.8, 4) is 0 Å². The van der Waals surface area contributed by atoms with Crippen LogP contribution in [0.25, 0.3) is 0 Å². The first-order valence-electron chi connectivity index (χ1n) is 25.2. The standard InChI is InChI=1S/C51H98O5/c1-3-5-7-9-11-13-15-17-19-20-21-22-23-24-25-26-27-28-29-30-31-32-34-35-37-39-41-43-45-50(53)55-48-49(47-52)56-51(54)46-44-42-40-38-36-33-18-16-14-12-10-8-6-4-2/h16,18,49,52H,3-15,17,19-48H2,1-2H3/b18-16-. The van der Waals surface area contributed by atoms with E-state index in [1.54, 1.807) is 0 Å². The fraction of sp³-hybridized carbons (Fsp3) is 0.922. The molecule has 0 bridgehead atoms. The summed E-state index contributed by atoms with van der Waals surface area (Å²) in [5.74, 6) is -0.584. The van der Waals surface area contributed by atoms with Crippen LogP contribution in [0.3, 0.4) is 0 Å². The molecule has 5 heteroatoms. The van der Waals surface area contributed by atoms with E-state index >= 15 is 0 Å². The molecule has 56 heavy (non-hydrogen) atoms. The molecular weight excluding hydrogens is 693 g/mol. The Kier molecular flexibility index (Phi) is 46.8. The number of esters is 2. The normalized spacial score (nSPS) is 12.1. The van der Waals surface area contributed by atoms with Crippen molar-refractivity contribution in [2.24, 2.45) is 0 Å². The van der Waals surface area contributed by atoms with Gasteiger partial charge < -0.3 is 14.6 Å². The largest absolute Gasteiger partial charge is 0.462 e. The molecule has 0 aliphatic heterocycles. The van der Waals surface area contributed by atoms with Gasteiger partial charge in [0.25, 0.3) is 0 Å². The van der Waals surface area contributed by atoms with Gasteiger partial charge in [-0.25, -0.2) is 0 Å². The molecule has 0 aliphatic carbocycles. The topological polar surface area (TPSA) is 72.8 Å². The van der Waals surface area contributed by atoms with E-state index in [1.807, 2.05) is 0 Å². The molecule has 0 fully saturated rings. The third-order valence-electron chi connectivity index (χ3n) is 11.6. The highest BCUT2D eigenvalue weighted by molar-refractivity contribution is 5.70.